The lowest BCUT2D eigenvalue weighted by Crippen LogP contribution is -2.29. The molecule has 1 N–H and O–H groups in total. The van der Waals surface area contributed by atoms with Gasteiger partial charge in [-0.15, -0.1) is 0 Å². The minimum Gasteiger partial charge on any atom is -0.506 e. The molecule has 190 valence electrons. The minimum atomic E-state index is -0.996. The monoisotopic (exact) mass is 503 g/mol. The van der Waals surface area contributed by atoms with Crippen LogP contribution in [0.3, 0.4) is 0 Å². The highest BCUT2D eigenvalue weighted by Crippen LogP contribution is 2.45. The van der Waals surface area contributed by atoms with Gasteiger partial charge < -0.3 is 24.1 Å². The fourth-order valence-electron chi connectivity index (χ4n) is 4.30. The van der Waals surface area contributed by atoms with Gasteiger partial charge in [-0.25, -0.2) is 4.79 Å². The smallest absolute Gasteiger partial charge is 0.337 e. The van der Waals surface area contributed by atoms with Crippen molar-refractivity contribution in [1.82, 2.24) is 0 Å². The Morgan fingerprint density at radius 1 is 0.811 bits per heavy atom. The van der Waals surface area contributed by atoms with E-state index < -0.39 is 29.5 Å². The van der Waals surface area contributed by atoms with Gasteiger partial charge >= 0.3 is 5.97 Å². The van der Waals surface area contributed by atoms with Crippen LogP contribution in [0.1, 0.15) is 27.5 Å². The summed E-state index contributed by atoms with van der Waals surface area (Å²) < 4.78 is 20.8. The summed E-state index contributed by atoms with van der Waals surface area (Å²) in [7, 11) is 5.64. The molecule has 9 heteroatoms. The molecule has 37 heavy (non-hydrogen) atoms. The zero-order valence-corrected chi connectivity index (χ0v) is 20.7. The summed E-state index contributed by atoms with van der Waals surface area (Å²) in [4.78, 5) is 40.0. The maximum absolute atomic E-state index is 13.4. The first-order valence-electron chi connectivity index (χ1n) is 11.2. The summed E-state index contributed by atoms with van der Waals surface area (Å²) in [6, 6.07) is 16.8. The van der Waals surface area contributed by atoms with Gasteiger partial charge in [-0.05, 0) is 54.1 Å². The van der Waals surface area contributed by atoms with E-state index in [9.17, 15) is 19.5 Å². The Morgan fingerprint density at radius 3 is 1.92 bits per heavy atom. The molecule has 0 radical (unpaired) electrons. The van der Waals surface area contributed by atoms with E-state index in [0.717, 1.165) is 0 Å². The second-order valence-corrected chi connectivity index (χ2v) is 8.02. The Labute approximate surface area is 213 Å². The number of aliphatic hydroxyl groups is 1. The van der Waals surface area contributed by atoms with Gasteiger partial charge in [0.1, 0.15) is 28.6 Å². The van der Waals surface area contributed by atoms with E-state index >= 15 is 0 Å². The number of carbonyl (C=O) groups is 3. The van der Waals surface area contributed by atoms with E-state index in [4.69, 9.17) is 18.9 Å². The number of ketones is 1. The number of esters is 1. The molecule has 1 fully saturated rings. The van der Waals surface area contributed by atoms with E-state index in [1.54, 1.807) is 42.5 Å². The number of hydrogen-bond donors (Lipinski definition) is 1. The molecule has 1 aliphatic heterocycles. The van der Waals surface area contributed by atoms with E-state index in [0.29, 0.717) is 17.0 Å². The Bertz CT molecular complexity index is 1350. The highest BCUT2D eigenvalue weighted by atomic mass is 16.5. The van der Waals surface area contributed by atoms with E-state index in [2.05, 4.69) is 0 Å². The summed E-state index contributed by atoms with van der Waals surface area (Å²) in [6.07, 6.45) is 0. The van der Waals surface area contributed by atoms with Gasteiger partial charge in [-0.3, -0.25) is 14.5 Å². The Kier molecular flexibility index (Phi) is 7.15. The molecule has 0 saturated carbocycles. The third kappa shape index (κ3) is 4.47. The van der Waals surface area contributed by atoms with E-state index in [1.807, 2.05) is 0 Å². The second kappa shape index (κ2) is 10.4. The molecule has 1 heterocycles. The van der Waals surface area contributed by atoms with Crippen molar-refractivity contribution in [2.45, 2.75) is 6.04 Å². The lowest BCUT2D eigenvalue weighted by atomic mass is 9.94. The molecular weight excluding hydrogens is 478 g/mol. The largest absolute Gasteiger partial charge is 0.506 e. The van der Waals surface area contributed by atoms with Crippen LogP contribution in [0.2, 0.25) is 0 Å². The highest BCUT2D eigenvalue weighted by molar-refractivity contribution is 6.51. The van der Waals surface area contributed by atoms with Crippen molar-refractivity contribution in [2.75, 3.05) is 33.3 Å². The van der Waals surface area contributed by atoms with Crippen LogP contribution < -0.4 is 19.1 Å². The van der Waals surface area contributed by atoms with Crippen molar-refractivity contribution in [3.63, 3.8) is 0 Å². The fourth-order valence-corrected chi connectivity index (χ4v) is 4.30. The zero-order valence-electron chi connectivity index (χ0n) is 20.7. The lowest BCUT2D eigenvalue weighted by Gasteiger charge is -2.26. The molecule has 1 unspecified atom stereocenters. The number of methoxy groups -OCH3 is 4. The third-order valence-electron chi connectivity index (χ3n) is 6.11. The van der Waals surface area contributed by atoms with Crippen LogP contribution in [0.4, 0.5) is 5.69 Å². The van der Waals surface area contributed by atoms with Gasteiger partial charge in [0.25, 0.3) is 11.7 Å². The SMILES string of the molecule is COC(=O)c1ccc(N2C(=O)C(=O)/C(=C(/O)c3c(OC)cccc3OC)C2c2ccc(OC)cc2)cc1. The number of ether oxygens (including phenoxy) is 4. The first-order valence-corrected chi connectivity index (χ1v) is 11.2. The van der Waals surface area contributed by atoms with Crippen LogP contribution in [0.15, 0.2) is 72.3 Å². The van der Waals surface area contributed by atoms with Crippen LogP contribution >= 0.6 is 0 Å². The normalized spacial score (nSPS) is 16.4. The van der Waals surface area contributed by atoms with Crippen molar-refractivity contribution in [2.24, 2.45) is 0 Å². The molecule has 1 atom stereocenters. The van der Waals surface area contributed by atoms with Gasteiger partial charge in [0.05, 0.1) is 45.6 Å². The number of rotatable bonds is 7. The van der Waals surface area contributed by atoms with E-state index in [1.165, 1.54) is 57.6 Å². The van der Waals surface area contributed by atoms with Crippen molar-refractivity contribution in [3.05, 3.63) is 89.0 Å². The molecule has 0 spiro atoms. The second-order valence-electron chi connectivity index (χ2n) is 8.02. The van der Waals surface area contributed by atoms with Gasteiger partial charge in [-0.1, -0.05) is 18.2 Å². The average molecular weight is 504 g/mol. The molecule has 1 aliphatic rings. The summed E-state index contributed by atoms with van der Waals surface area (Å²) in [5, 5.41) is 11.5. The third-order valence-corrected chi connectivity index (χ3v) is 6.11. The predicted octanol–water partition coefficient (Wildman–Crippen LogP) is 4.13. The number of nitrogens with zero attached hydrogens (tertiary/aromatic N) is 1. The first kappa shape index (κ1) is 25.3. The van der Waals surface area contributed by atoms with Crippen LogP contribution in [-0.2, 0) is 14.3 Å². The standard InChI is InChI=1S/C28H25NO8/c1-34-19-14-10-16(11-15-19)24-23(25(30)22-20(35-2)6-5-7-21(22)36-3)26(31)27(32)29(24)18-12-8-17(9-13-18)28(33)37-4/h5-15,24,30H,1-4H3/b25-23+. The molecule has 0 aromatic heterocycles. The van der Waals surface area contributed by atoms with E-state index in [-0.39, 0.29) is 28.2 Å². The molecular formula is C28H25NO8. The minimum absolute atomic E-state index is 0.144. The number of anilines is 1. The molecule has 0 bridgehead atoms. The van der Waals surface area contributed by atoms with Gasteiger partial charge in [-0.2, -0.15) is 0 Å². The first-order chi connectivity index (χ1) is 17.9. The summed E-state index contributed by atoms with van der Waals surface area (Å²) >= 11 is 0. The maximum Gasteiger partial charge on any atom is 0.337 e. The molecule has 0 aliphatic carbocycles. The number of amides is 1. The summed E-state index contributed by atoms with van der Waals surface area (Å²) in [6.45, 7) is 0. The fraction of sp³-hybridized carbons (Fsp3) is 0.179. The molecule has 3 aromatic rings. The number of hydrogen-bond acceptors (Lipinski definition) is 8. The highest BCUT2D eigenvalue weighted by Gasteiger charge is 2.47. The maximum atomic E-state index is 13.4. The molecule has 3 aromatic carbocycles. The number of aliphatic hydroxyl groups excluding tert-OH is 1. The van der Waals surface area contributed by atoms with Crippen molar-refractivity contribution < 1.29 is 38.4 Å². The molecule has 1 saturated heterocycles. The van der Waals surface area contributed by atoms with Crippen LogP contribution in [0.25, 0.3) is 5.76 Å². The number of benzene rings is 3. The summed E-state index contributed by atoms with van der Waals surface area (Å²) in [5.74, 6) is -1.61. The predicted molar refractivity (Wildman–Crippen MR) is 135 cm³/mol. The van der Waals surface area contributed by atoms with Gasteiger partial charge in [0.2, 0.25) is 0 Å². The topological polar surface area (TPSA) is 112 Å². The zero-order chi connectivity index (χ0) is 26.7. The van der Waals surface area contributed by atoms with Gasteiger partial charge in [0.15, 0.2) is 0 Å². The average Bonchev–Trinajstić information content (AvgIpc) is 3.21. The Hall–Kier alpha value is -4.79. The molecule has 9 nitrogen and oxygen atoms in total. The van der Waals surface area contributed by atoms with Crippen LogP contribution in [0.5, 0.6) is 17.2 Å². The Balaban J connectivity index is 1.95. The molecule has 4 rings (SSSR count). The number of Topliss-reactive ketones (excluding diaryl/α,β-unsaturated/α-hetero) is 1. The van der Waals surface area contributed by atoms with Crippen molar-refractivity contribution in [3.8, 4) is 17.2 Å². The van der Waals surface area contributed by atoms with Gasteiger partial charge in [0, 0.05) is 5.69 Å². The summed E-state index contributed by atoms with van der Waals surface area (Å²) in [5.41, 5.74) is 1.18. The Morgan fingerprint density at radius 2 is 1.41 bits per heavy atom. The van der Waals surface area contributed by atoms with Crippen LogP contribution in [-0.4, -0.2) is 51.2 Å². The van der Waals surface area contributed by atoms with Crippen molar-refractivity contribution >= 4 is 29.1 Å². The number of carbonyl (C=O) groups excluding carboxylic acids is 3. The molecule has 1 amide bonds. The lowest BCUT2D eigenvalue weighted by molar-refractivity contribution is -0.132. The quantitative estimate of drug-likeness (QED) is 0.222. The van der Waals surface area contributed by atoms with Crippen LogP contribution in [0, 0.1) is 0 Å². The van der Waals surface area contributed by atoms with Crippen molar-refractivity contribution in [1.29, 1.82) is 0 Å².